The smallest absolute Gasteiger partial charge is 0.329 e. The number of urea groups is 1. The number of amides is 2. The zero-order chi connectivity index (χ0) is 22.1. The SMILES string of the molecule is CCn1c(=O)n(CC)c2cc(N3CCCC3)c(NC(=O)Nc3cc(F)ccc3F)cc21. The molecule has 1 aromatic heterocycles. The molecule has 2 amide bonds. The summed E-state index contributed by atoms with van der Waals surface area (Å²) in [6.07, 6.45) is 2.07. The van der Waals surface area contributed by atoms with Crippen molar-refractivity contribution >= 4 is 34.1 Å². The highest BCUT2D eigenvalue weighted by molar-refractivity contribution is 6.04. The minimum Gasteiger partial charge on any atom is -0.370 e. The summed E-state index contributed by atoms with van der Waals surface area (Å²) in [7, 11) is 0. The quantitative estimate of drug-likeness (QED) is 0.633. The van der Waals surface area contributed by atoms with Gasteiger partial charge < -0.3 is 15.5 Å². The van der Waals surface area contributed by atoms with E-state index in [2.05, 4.69) is 15.5 Å². The first-order chi connectivity index (χ1) is 14.9. The lowest BCUT2D eigenvalue weighted by atomic mass is 10.2. The molecule has 164 valence electrons. The zero-order valence-electron chi connectivity index (χ0n) is 17.5. The van der Waals surface area contributed by atoms with Gasteiger partial charge in [0.2, 0.25) is 0 Å². The molecule has 2 aromatic carbocycles. The number of aromatic nitrogens is 2. The van der Waals surface area contributed by atoms with Crippen LogP contribution in [0.1, 0.15) is 26.7 Å². The molecule has 7 nitrogen and oxygen atoms in total. The van der Waals surface area contributed by atoms with Gasteiger partial charge in [0, 0.05) is 32.2 Å². The maximum absolute atomic E-state index is 13.9. The van der Waals surface area contributed by atoms with E-state index in [1.54, 1.807) is 15.2 Å². The Labute approximate surface area is 178 Å². The number of hydrogen-bond donors (Lipinski definition) is 2. The van der Waals surface area contributed by atoms with Crippen LogP contribution in [0, 0.1) is 11.6 Å². The lowest BCUT2D eigenvalue weighted by Crippen LogP contribution is -2.24. The number of rotatable bonds is 5. The van der Waals surface area contributed by atoms with E-state index in [4.69, 9.17) is 0 Å². The number of nitrogens with one attached hydrogen (secondary N) is 2. The van der Waals surface area contributed by atoms with Crippen molar-refractivity contribution in [3.8, 4) is 0 Å². The first-order valence-corrected chi connectivity index (χ1v) is 10.5. The molecule has 1 saturated heterocycles. The lowest BCUT2D eigenvalue weighted by Gasteiger charge is -2.22. The van der Waals surface area contributed by atoms with Gasteiger partial charge in [-0.2, -0.15) is 0 Å². The van der Waals surface area contributed by atoms with Crippen LogP contribution in [-0.4, -0.2) is 28.3 Å². The van der Waals surface area contributed by atoms with Crippen molar-refractivity contribution in [2.24, 2.45) is 0 Å². The third-order valence-corrected chi connectivity index (χ3v) is 5.64. The third kappa shape index (κ3) is 3.87. The van der Waals surface area contributed by atoms with Crippen LogP contribution < -0.4 is 21.2 Å². The number of aryl methyl sites for hydroxylation is 2. The molecule has 0 spiro atoms. The number of imidazole rings is 1. The summed E-state index contributed by atoms with van der Waals surface area (Å²) in [4.78, 5) is 27.5. The molecule has 0 atom stereocenters. The molecule has 3 aromatic rings. The number of anilines is 3. The fraction of sp³-hybridized carbons (Fsp3) is 0.364. The largest absolute Gasteiger partial charge is 0.370 e. The van der Waals surface area contributed by atoms with E-state index < -0.39 is 17.7 Å². The molecule has 2 N–H and O–H groups in total. The number of benzene rings is 2. The summed E-state index contributed by atoms with van der Waals surface area (Å²) in [5.41, 5.74) is 2.48. The van der Waals surface area contributed by atoms with Gasteiger partial charge in [-0.15, -0.1) is 0 Å². The van der Waals surface area contributed by atoms with E-state index in [-0.39, 0.29) is 11.4 Å². The van der Waals surface area contributed by atoms with Gasteiger partial charge in [0.15, 0.2) is 0 Å². The molecule has 1 fully saturated rings. The average molecular weight is 429 g/mol. The van der Waals surface area contributed by atoms with Crippen molar-refractivity contribution in [2.45, 2.75) is 39.8 Å². The summed E-state index contributed by atoms with van der Waals surface area (Å²) in [5.74, 6) is -1.38. The van der Waals surface area contributed by atoms with Crippen LogP contribution in [-0.2, 0) is 13.1 Å². The van der Waals surface area contributed by atoms with E-state index in [9.17, 15) is 18.4 Å². The molecule has 31 heavy (non-hydrogen) atoms. The van der Waals surface area contributed by atoms with E-state index >= 15 is 0 Å². The van der Waals surface area contributed by atoms with E-state index in [0.717, 1.165) is 55.3 Å². The van der Waals surface area contributed by atoms with Crippen LogP contribution in [0.2, 0.25) is 0 Å². The summed E-state index contributed by atoms with van der Waals surface area (Å²) >= 11 is 0. The van der Waals surface area contributed by atoms with Gasteiger partial charge in [0.1, 0.15) is 11.6 Å². The summed E-state index contributed by atoms with van der Waals surface area (Å²) in [6.45, 7) is 6.51. The second-order valence-electron chi connectivity index (χ2n) is 7.53. The standard InChI is InChI=1S/C22H25F2N5O2/c1-3-28-19-12-17(26-21(30)25-16-11-14(23)7-8-15(16)24)18(27-9-5-6-10-27)13-20(19)29(4-2)22(28)31/h7-8,11-13H,3-6,9-10H2,1-2H3,(H2,25,26,30). The highest BCUT2D eigenvalue weighted by Gasteiger charge is 2.22. The Kier molecular flexibility index (Phi) is 5.67. The van der Waals surface area contributed by atoms with Gasteiger partial charge in [-0.1, -0.05) is 0 Å². The van der Waals surface area contributed by atoms with Crippen molar-refractivity contribution in [3.63, 3.8) is 0 Å². The average Bonchev–Trinajstić information content (AvgIpc) is 3.35. The van der Waals surface area contributed by atoms with Crippen LogP contribution in [0.15, 0.2) is 35.1 Å². The van der Waals surface area contributed by atoms with Crippen molar-refractivity contribution < 1.29 is 13.6 Å². The van der Waals surface area contributed by atoms with Gasteiger partial charge in [0.25, 0.3) is 0 Å². The molecule has 2 heterocycles. The monoisotopic (exact) mass is 429 g/mol. The molecular formula is C22H25F2N5O2. The van der Waals surface area contributed by atoms with Gasteiger partial charge in [-0.3, -0.25) is 9.13 Å². The van der Waals surface area contributed by atoms with E-state index in [1.807, 2.05) is 19.9 Å². The fourth-order valence-electron chi connectivity index (χ4n) is 4.15. The number of hydrogen-bond acceptors (Lipinski definition) is 3. The minimum atomic E-state index is -0.730. The molecule has 0 bridgehead atoms. The van der Waals surface area contributed by atoms with E-state index in [1.165, 1.54) is 0 Å². The highest BCUT2D eigenvalue weighted by atomic mass is 19.1. The van der Waals surface area contributed by atoms with Crippen molar-refractivity contribution in [2.75, 3.05) is 28.6 Å². The number of carbonyl (C=O) groups excluding carboxylic acids is 1. The molecule has 1 aliphatic rings. The van der Waals surface area contributed by atoms with Gasteiger partial charge in [0.05, 0.1) is 28.1 Å². The minimum absolute atomic E-state index is 0.101. The first kappa shape index (κ1) is 20.9. The Morgan fingerprint density at radius 2 is 1.55 bits per heavy atom. The second kappa shape index (κ2) is 8.41. The molecule has 0 unspecified atom stereocenters. The Morgan fingerprint density at radius 3 is 2.19 bits per heavy atom. The maximum atomic E-state index is 13.9. The predicted octanol–water partition coefficient (Wildman–Crippen LogP) is 4.37. The maximum Gasteiger partial charge on any atom is 0.329 e. The Bertz CT molecular complexity index is 1190. The van der Waals surface area contributed by atoms with Crippen LogP contribution >= 0.6 is 0 Å². The molecule has 0 aliphatic carbocycles. The van der Waals surface area contributed by atoms with Crippen molar-refractivity contribution in [3.05, 3.63) is 52.5 Å². The molecular weight excluding hydrogens is 404 g/mol. The summed E-state index contributed by atoms with van der Waals surface area (Å²) in [5, 5.41) is 5.13. The van der Waals surface area contributed by atoms with Crippen molar-refractivity contribution in [1.29, 1.82) is 0 Å². The first-order valence-electron chi connectivity index (χ1n) is 10.5. The summed E-state index contributed by atoms with van der Waals surface area (Å²) in [6, 6.07) is 5.89. The van der Waals surface area contributed by atoms with Crippen molar-refractivity contribution in [1.82, 2.24) is 9.13 Å². The predicted molar refractivity (Wildman–Crippen MR) is 118 cm³/mol. The Balaban J connectivity index is 1.76. The molecule has 0 saturated carbocycles. The van der Waals surface area contributed by atoms with Crippen LogP contribution in [0.4, 0.5) is 30.6 Å². The van der Waals surface area contributed by atoms with Crippen LogP contribution in [0.3, 0.4) is 0 Å². The summed E-state index contributed by atoms with van der Waals surface area (Å²) < 4.78 is 30.7. The molecule has 1 aliphatic heterocycles. The lowest BCUT2D eigenvalue weighted by molar-refractivity contribution is 0.262. The number of halogens is 2. The van der Waals surface area contributed by atoms with E-state index in [0.29, 0.717) is 24.3 Å². The normalized spacial score (nSPS) is 13.7. The Hall–Kier alpha value is -3.36. The van der Waals surface area contributed by atoms with Gasteiger partial charge >= 0.3 is 11.7 Å². The number of carbonyl (C=O) groups is 1. The molecule has 9 heteroatoms. The van der Waals surface area contributed by atoms with Gasteiger partial charge in [-0.05, 0) is 51.0 Å². The van der Waals surface area contributed by atoms with Gasteiger partial charge in [-0.25, -0.2) is 18.4 Å². The van der Waals surface area contributed by atoms with Crippen LogP contribution in [0.5, 0.6) is 0 Å². The number of fused-ring (bicyclic) bond motifs is 1. The zero-order valence-corrected chi connectivity index (χ0v) is 17.5. The Morgan fingerprint density at radius 1 is 0.935 bits per heavy atom. The highest BCUT2D eigenvalue weighted by Crippen LogP contribution is 2.33. The van der Waals surface area contributed by atoms with Crippen LogP contribution in [0.25, 0.3) is 11.0 Å². The number of nitrogens with zero attached hydrogens (tertiary/aromatic N) is 3. The molecule has 4 rings (SSSR count). The second-order valence-corrected chi connectivity index (χ2v) is 7.53. The fourth-order valence-corrected chi connectivity index (χ4v) is 4.15. The topological polar surface area (TPSA) is 71.3 Å². The molecule has 0 radical (unpaired) electrons. The third-order valence-electron chi connectivity index (χ3n) is 5.64.